The normalized spacial score (nSPS) is 18.9. The summed E-state index contributed by atoms with van der Waals surface area (Å²) >= 11 is 0. The van der Waals surface area contributed by atoms with Crippen LogP contribution in [0.15, 0.2) is 12.1 Å². The number of Topliss-reactive ketones (excluding diaryl/α,β-unsaturated/α-hetero) is 1. The van der Waals surface area contributed by atoms with Crippen LogP contribution >= 0.6 is 0 Å². The minimum absolute atomic E-state index is 0.0130. The molecule has 0 spiro atoms. The van der Waals surface area contributed by atoms with Crippen molar-refractivity contribution in [1.29, 1.82) is 0 Å². The average molecular weight is 280 g/mol. The topological polar surface area (TPSA) is 63.5 Å². The van der Waals surface area contributed by atoms with Crippen LogP contribution < -0.4 is 4.90 Å². The fourth-order valence-corrected chi connectivity index (χ4v) is 2.67. The van der Waals surface area contributed by atoms with Crippen LogP contribution in [0.2, 0.25) is 0 Å². The van der Waals surface area contributed by atoms with E-state index in [1.54, 1.807) is 11.8 Å². The molecule has 1 heterocycles. The van der Waals surface area contributed by atoms with Gasteiger partial charge in [0.2, 0.25) is 0 Å². The molecule has 0 N–H and O–H groups in total. The highest BCUT2D eigenvalue weighted by atomic mass is 19.1. The quantitative estimate of drug-likeness (QED) is 0.630. The van der Waals surface area contributed by atoms with Crippen molar-refractivity contribution < 1.29 is 14.1 Å². The Labute approximate surface area is 116 Å². The molecule has 1 aromatic carbocycles. The highest BCUT2D eigenvalue weighted by Crippen LogP contribution is 2.35. The summed E-state index contributed by atoms with van der Waals surface area (Å²) in [6, 6.07) is 2.05. The van der Waals surface area contributed by atoms with Gasteiger partial charge >= 0.3 is 0 Å². The second kappa shape index (κ2) is 5.56. The molecule has 1 fully saturated rings. The third kappa shape index (κ3) is 2.64. The molecule has 6 heteroatoms. The van der Waals surface area contributed by atoms with Crippen molar-refractivity contribution in [3.05, 3.63) is 33.6 Å². The second-order valence-corrected chi connectivity index (χ2v) is 5.16. The number of nitro groups is 1. The number of carbonyl (C=O) groups excluding carboxylic acids is 1. The standard InChI is InChI=1S/C14H17FN2O3/c1-9-7-13(14(17(19)20)8-11(9)15)16-6-4-3-5-12(16)10(2)18/h7-8,12H,3-6H2,1-2H3. The van der Waals surface area contributed by atoms with Gasteiger partial charge in [-0.15, -0.1) is 0 Å². The lowest BCUT2D eigenvalue weighted by Crippen LogP contribution is -2.44. The van der Waals surface area contributed by atoms with Gasteiger partial charge in [-0.1, -0.05) is 0 Å². The van der Waals surface area contributed by atoms with E-state index in [1.165, 1.54) is 13.0 Å². The van der Waals surface area contributed by atoms with Crippen molar-refractivity contribution in [2.24, 2.45) is 0 Å². The highest BCUT2D eigenvalue weighted by Gasteiger charge is 2.31. The number of rotatable bonds is 3. The molecule has 1 aromatic rings. The lowest BCUT2D eigenvalue weighted by atomic mass is 9.97. The summed E-state index contributed by atoms with van der Waals surface area (Å²) in [4.78, 5) is 24.0. The Morgan fingerprint density at radius 2 is 2.15 bits per heavy atom. The maximum absolute atomic E-state index is 13.6. The van der Waals surface area contributed by atoms with E-state index in [2.05, 4.69) is 0 Å². The van der Waals surface area contributed by atoms with Crippen LogP contribution in [0.25, 0.3) is 0 Å². The van der Waals surface area contributed by atoms with Crippen molar-refractivity contribution in [2.45, 2.75) is 39.2 Å². The molecule has 1 aliphatic heterocycles. The SMILES string of the molecule is CC(=O)C1CCCCN1c1cc(C)c(F)cc1[N+](=O)[O-]. The van der Waals surface area contributed by atoms with Gasteiger partial charge in [-0.3, -0.25) is 14.9 Å². The van der Waals surface area contributed by atoms with E-state index in [0.717, 1.165) is 18.9 Å². The summed E-state index contributed by atoms with van der Waals surface area (Å²) in [5, 5.41) is 11.1. The lowest BCUT2D eigenvalue weighted by molar-refractivity contribution is -0.384. The first-order valence-corrected chi connectivity index (χ1v) is 6.63. The number of nitrogens with zero attached hydrogens (tertiary/aromatic N) is 2. The molecule has 0 aromatic heterocycles. The number of anilines is 1. The number of nitro benzene ring substituents is 1. The average Bonchev–Trinajstić information content (AvgIpc) is 2.41. The molecule has 0 amide bonds. The minimum atomic E-state index is -0.600. The Balaban J connectivity index is 2.51. The number of hydrogen-bond acceptors (Lipinski definition) is 4. The summed E-state index contributed by atoms with van der Waals surface area (Å²) in [5.74, 6) is -0.613. The van der Waals surface area contributed by atoms with Gasteiger partial charge in [0.15, 0.2) is 5.78 Å². The first kappa shape index (κ1) is 14.4. The Bertz CT molecular complexity index is 560. The van der Waals surface area contributed by atoms with Crippen molar-refractivity contribution in [3.8, 4) is 0 Å². The van der Waals surface area contributed by atoms with Gasteiger partial charge in [0.25, 0.3) is 5.69 Å². The van der Waals surface area contributed by atoms with E-state index < -0.39 is 10.7 Å². The van der Waals surface area contributed by atoms with Gasteiger partial charge in [-0.2, -0.15) is 0 Å². The number of benzene rings is 1. The van der Waals surface area contributed by atoms with Crippen LogP contribution in [0, 0.1) is 22.9 Å². The van der Waals surface area contributed by atoms with Crippen LogP contribution in [0.1, 0.15) is 31.7 Å². The van der Waals surface area contributed by atoms with Gasteiger partial charge in [0.1, 0.15) is 11.5 Å². The van der Waals surface area contributed by atoms with Gasteiger partial charge in [-0.25, -0.2) is 4.39 Å². The number of carbonyl (C=O) groups is 1. The van der Waals surface area contributed by atoms with Crippen molar-refractivity contribution in [2.75, 3.05) is 11.4 Å². The zero-order chi connectivity index (χ0) is 14.9. The monoisotopic (exact) mass is 280 g/mol. The number of piperidine rings is 1. The van der Waals surface area contributed by atoms with Crippen molar-refractivity contribution >= 4 is 17.2 Å². The predicted molar refractivity (Wildman–Crippen MR) is 73.5 cm³/mol. The summed E-state index contributed by atoms with van der Waals surface area (Å²) < 4.78 is 13.6. The molecule has 5 nitrogen and oxygen atoms in total. The number of aryl methyl sites for hydroxylation is 1. The molecule has 0 bridgehead atoms. The number of ketones is 1. The number of halogens is 1. The Morgan fingerprint density at radius 3 is 2.75 bits per heavy atom. The minimum Gasteiger partial charge on any atom is -0.356 e. The Hall–Kier alpha value is -1.98. The summed E-state index contributed by atoms with van der Waals surface area (Å²) in [5.41, 5.74) is 0.411. The Morgan fingerprint density at radius 1 is 1.45 bits per heavy atom. The fraction of sp³-hybridized carbons (Fsp3) is 0.500. The van der Waals surface area contributed by atoms with E-state index in [0.29, 0.717) is 24.2 Å². The van der Waals surface area contributed by atoms with Gasteiger partial charge in [0, 0.05) is 6.54 Å². The van der Waals surface area contributed by atoms with E-state index in [1.807, 2.05) is 0 Å². The van der Waals surface area contributed by atoms with Gasteiger partial charge in [0.05, 0.1) is 17.0 Å². The molecule has 20 heavy (non-hydrogen) atoms. The molecular formula is C14H17FN2O3. The maximum Gasteiger partial charge on any atom is 0.295 e. The van der Waals surface area contributed by atoms with Crippen molar-refractivity contribution in [1.82, 2.24) is 0 Å². The van der Waals surface area contributed by atoms with E-state index in [-0.39, 0.29) is 17.5 Å². The second-order valence-electron chi connectivity index (χ2n) is 5.16. The van der Waals surface area contributed by atoms with Crippen LogP contribution in [0.3, 0.4) is 0 Å². The molecular weight excluding hydrogens is 263 g/mol. The van der Waals surface area contributed by atoms with Gasteiger partial charge in [-0.05, 0) is 44.7 Å². The Kier molecular flexibility index (Phi) is 4.01. The largest absolute Gasteiger partial charge is 0.356 e. The number of hydrogen-bond donors (Lipinski definition) is 0. The highest BCUT2D eigenvalue weighted by molar-refractivity contribution is 5.86. The molecule has 1 atom stereocenters. The van der Waals surface area contributed by atoms with E-state index in [9.17, 15) is 19.3 Å². The molecule has 108 valence electrons. The van der Waals surface area contributed by atoms with Crippen LogP contribution in [0.5, 0.6) is 0 Å². The first-order valence-electron chi connectivity index (χ1n) is 6.63. The smallest absolute Gasteiger partial charge is 0.295 e. The zero-order valence-corrected chi connectivity index (χ0v) is 11.6. The molecule has 0 saturated carbocycles. The lowest BCUT2D eigenvalue weighted by Gasteiger charge is -2.35. The summed E-state index contributed by atoms with van der Waals surface area (Å²) in [6.45, 7) is 3.64. The van der Waals surface area contributed by atoms with Gasteiger partial charge < -0.3 is 4.90 Å². The predicted octanol–water partition coefficient (Wildman–Crippen LogP) is 2.99. The molecule has 0 aliphatic carbocycles. The fourth-order valence-electron chi connectivity index (χ4n) is 2.67. The first-order chi connectivity index (χ1) is 9.41. The van der Waals surface area contributed by atoms with Crippen LogP contribution in [-0.2, 0) is 4.79 Å². The van der Waals surface area contributed by atoms with Crippen LogP contribution in [0.4, 0.5) is 15.8 Å². The molecule has 1 aliphatic rings. The third-order valence-corrected chi connectivity index (χ3v) is 3.73. The summed E-state index contributed by atoms with van der Waals surface area (Å²) in [7, 11) is 0. The molecule has 0 radical (unpaired) electrons. The van der Waals surface area contributed by atoms with Crippen molar-refractivity contribution in [3.63, 3.8) is 0 Å². The van der Waals surface area contributed by atoms with Crippen LogP contribution in [-0.4, -0.2) is 23.3 Å². The molecule has 2 rings (SSSR count). The zero-order valence-electron chi connectivity index (χ0n) is 11.6. The van der Waals surface area contributed by atoms with E-state index >= 15 is 0 Å². The van der Waals surface area contributed by atoms with E-state index in [4.69, 9.17) is 0 Å². The molecule has 1 saturated heterocycles. The molecule has 1 unspecified atom stereocenters. The summed E-state index contributed by atoms with van der Waals surface area (Å²) in [6.07, 6.45) is 2.48. The maximum atomic E-state index is 13.6. The third-order valence-electron chi connectivity index (χ3n) is 3.73.